The average Bonchev–Trinajstić information content (AvgIpc) is 2.74. The Morgan fingerprint density at radius 2 is 1.74 bits per heavy atom. The van der Waals surface area contributed by atoms with Gasteiger partial charge in [0.1, 0.15) is 6.54 Å². The molecule has 0 bridgehead atoms. The maximum Gasteiger partial charge on any atom is 0.241 e. The minimum atomic E-state index is -3.75. The molecule has 2 aromatic carbocycles. The summed E-state index contributed by atoms with van der Waals surface area (Å²) in [7, 11) is -3.75. The molecule has 1 fully saturated rings. The van der Waals surface area contributed by atoms with Crippen molar-refractivity contribution in [2.24, 2.45) is 0 Å². The topological polar surface area (TPSA) is 69.7 Å². The van der Waals surface area contributed by atoms with Gasteiger partial charge in [0.25, 0.3) is 0 Å². The lowest BCUT2D eigenvalue weighted by Gasteiger charge is -2.29. The van der Waals surface area contributed by atoms with E-state index < -0.39 is 22.5 Å². The van der Waals surface area contributed by atoms with E-state index in [0.717, 1.165) is 29.2 Å². The minimum Gasteiger partial charge on any atom is -0.372 e. The van der Waals surface area contributed by atoms with Crippen LogP contribution in [-0.2, 0) is 14.8 Å². The molecule has 1 atom stereocenters. The van der Waals surface area contributed by atoms with Crippen LogP contribution in [0.2, 0.25) is 10.0 Å². The number of nitrogens with one attached hydrogen (secondary N) is 1. The summed E-state index contributed by atoms with van der Waals surface area (Å²) in [6.45, 7) is 3.61. The summed E-state index contributed by atoms with van der Waals surface area (Å²) in [5.74, 6) is -0.436. The van der Waals surface area contributed by atoms with Crippen molar-refractivity contribution >= 4 is 50.5 Å². The quantitative estimate of drug-likeness (QED) is 0.623. The summed E-state index contributed by atoms with van der Waals surface area (Å²) < 4.78 is 25.6. The van der Waals surface area contributed by atoms with E-state index in [9.17, 15) is 13.2 Å². The Bertz CT molecular complexity index is 1020. The molecule has 31 heavy (non-hydrogen) atoms. The van der Waals surface area contributed by atoms with Crippen molar-refractivity contribution in [3.05, 3.63) is 58.1 Å². The molecule has 3 rings (SSSR count). The van der Waals surface area contributed by atoms with Crippen LogP contribution in [0.15, 0.2) is 42.5 Å². The lowest BCUT2D eigenvalue weighted by atomic mass is 10.1. The van der Waals surface area contributed by atoms with Gasteiger partial charge in [0.15, 0.2) is 0 Å². The average molecular weight is 484 g/mol. The van der Waals surface area contributed by atoms with Crippen LogP contribution in [0, 0.1) is 0 Å². The summed E-state index contributed by atoms with van der Waals surface area (Å²) in [5, 5.41) is 3.17. The number of benzene rings is 2. The summed E-state index contributed by atoms with van der Waals surface area (Å²) >= 11 is 12.2. The molecule has 9 heteroatoms. The van der Waals surface area contributed by atoms with Gasteiger partial charge in [-0.3, -0.25) is 9.10 Å². The lowest BCUT2D eigenvalue weighted by molar-refractivity contribution is -0.120. The first kappa shape index (κ1) is 23.7. The number of carbonyl (C=O) groups excluding carboxylic acids is 1. The molecular formula is C22H27Cl2N3O3S. The molecule has 0 spiro atoms. The monoisotopic (exact) mass is 483 g/mol. The predicted octanol–water partition coefficient (Wildman–Crippen LogP) is 4.63. The van der Waals surface area contributed by atoms with Gasteiger partial charge >= 0.3 is 0 Å². The number of hydrogen-bond acceptors (Lipinski definition) is 4. The maximum atomic E-state index is 12.7. The van der Waals surface area contributed by atoms with Crippen molar-refractivity contribution in [3.63, 3.8) is 0 Å². The second-order valence-corrected chi connectivity index (χ2v) is 10.5. The van der Waals surface area contributed by atoms with Crippen LogP contribution in [0.5, 0.6) is 0 Å². The summed E-state index contributed by atoms with van der Waals surface area (Å²) in [6.07, 6.45) is 4.73. The number of rotatable bonds is 7. The van der Waals surface area contributed by atoms with E-state index in [1.165, 1.54) is 31.0 Å². The highest BCUT2D eigenvalue weighted by Crippen LogP contribution is 2.33. The van der Waals surface area contributed by atoms with E-state index in [0.29, 0.717) is 0 Å². The molecule has 168 valence electrons. The molecule has 0 radical (unpaired) electrons. The van der Waals surface area contributed by atoms with Crippen LogP contribution < -0.4 is 14.5 Å². The number of hydrogen-bond donors (Lipinski definition) is 1. The Labute approximate surface area is 194 Å². The molecule has 6 nitrogen and oxygen atoms in total. The van der Waals surface area contributed by atoms with Crippen molar-refractivity contribution in [1.82, 2.24) is 5.32 Å². The Hall–Kier alpha value is -1.96. The van der Waals surface area contributed by atoms with Crippen LogP contribution in [0.4, 0.5) is 11.4 Å². The van der Waals surface area contributed by atoms with E-state index in [1.807, 2.05) is 19.1 Å². The zero-order chi connectivity index (χ0) is 22.6. The number of amides is 1. The largest absolute Gasteiger partial charge is 0.372 e. The number of sulfonamides is 1. The third-order valence-electron chi connectivity index (χ3n) is 5.38. The van der Waals surface area contributed by atoms with E-state index in [4.69, 9.17) is 23.2 Å². The Balaban J connectivity index is 1.68. The van der Waals surface area contributed by atoms with Crippen LogP contribution in [0.25, 0.3) is 0 Å². The highest BCUT2D eigenvalue weighted by atomic mass is 35.5. The Kier molecular flexibility index (Phi) is 7.73. The third kappa shape index (κ3) is 6.05. The standard InChI is InChI=1S/C22H27Cl2N3O3S/c1-16(17-9-11-18(12-10-17)26-13-4-3-5-14-26)25-21(28)15-27(31(2,29)30)20-8-6-7-19(23)22(20)24/h6-12,16H,3-5,13-15H2,1-2H3,(H,25,28). The first-order valence-corrected chi connectivity index (χ1v) is 12.8. The van der Waals surface area contributed by atoms with E-state index in [1.54, 1.807) is 12.1 Å². The SMILES string of the molecule is CC(NC(=O)CN(c1cccc(Cl)c1Cl)S(C)(=O)=O)c1ccc(N2CCCCC2)cc1. The second-order valence-electron chi connectivity index (χ2n) is 7.77. The number of piperidine rings is 1. The number of anilines is 2. The van der Waals surface area contributed by atoms with Crippen molar-refractivity contribution in [3.8, 4) is 0 Å². The second kappa shape index (κ2) is 10.1. The summed E-state index contributed by atoms with van der Waals surface area (Å²) in [6, 6.07) is 12.5. The summed E-state index contributed by atoms with van der Waals surface area (Å²) in [5.41, 5.74) is 2.30. The van der Waals surface area contributed by atoms with Crippen molar-refractivity contribution in [2.45, 2.75) is 32.2 Å². The van der Waals surface area contributed by atoms with E-state index >= 15 is 0 Å². The van der Waals surface area contributed by atoms with Gasteiger partial charge in [-0.2, -0.15) is 0 Å². The fourth-order valence-electron chi connectivity index (χ4n) is 3.69. The fourth-order valence-corrected chi connectivity index (χ4v) is 5.00. The molecule has 2 aromatic rings. The van der Waals surface area contributed by atoms with Gasteiger partial charge in [-0.25, -0.2) is 8.42 Å². The molecular weight excluding hydrogens is 457 g/mol. The molecule has 1 aliphatic heterocycles. The van der Waals surface area contributed by atoms with Crippen LogP contribution in [0.3, 0.4) is 0 Å². The fraction of sp³-hybridized carbons (Fsp3) is 0.409. The molecule has 0 saturated carbocycles. The van der Waals surface area contributed by atoms with Gasteiger partial charge in [-0.05, 0) is 56.0 Å². The van der Waals surface area contributed by atoms with Gasteiger partial charge in [0, 0.05) is 18.8 Å². The third-order valence-corrected chi connectivity index (χ3v) is 7.31. The smallest absolute Gasteiger partial charge is 0.241 e. The van der Waals surface area contributed by atoms with Crippen molar-refractivity contribution < 1.29 is 13.2 Å². The van der Waals surface area contributed by atoms with Gasteiger partial charge in [-0.15, -0.1) is 0 Å². The minimum absolute atomic E-state index is 0.0868. The van der Waals surface area contributed by atoms with Gasteiger partial charge < -0.3 is 10.2 Å². The van der Waals surface area contributed by atoms with Crippen LogP contribution in [0.1, 0.15) is 37.8 Å². The zero-order valence-corrected chi connectivity index (χ0v) is 20.0. The first-order chi connectivity index (χ1) is 14.7. The number of carbonyl (C=O) groups is 1. The predicted molar refractivity (Wildman–Crippen MR) is 128 cm³/mol. The molecule has 0 aliphatic carbocycles. The van der Waals surface area contributed by atoms with E-state index in [2.05, 4.69) is 22.3 Å². The molecule has 1 N–H and O–H groups in total. The van der Waals surface area contributed by atoms with Gasteiger partial charge in [-0.1, -0.05) is 41.4 Å². The first-order valence-electron chi connectivity index (χ1n) is 10.2. The summed E-state index contributed by atoms with van der Waals surface area (Å²) in [4.78, 5) is 15.0. The zero-order valence-electron chi connectivity index (χ0n) is 17.6. The molecule has 1 aliphatic rings. The lowest BCUT2D eigenvalue weighted by Crippen LogP contribution is -2.41. The van der Waals surface area contributed by atoms with Crippen molar-refractivity contribution in [1.29, 1.82) is 0 Å². The normalized spacial score (nSPS) is 15.4. The Morgan fingerprint density at radius 3 is 2.35 bits per heavy atom. The maximum absolute atomic E-state index is 12.7. The highest BCUT2D eigenvalue weighted by molar-refractivity contribution is 7.92. The van der Waals surface area contributed by atoms with Gasteiger partial charge in [0.2, 0.25) is 15.9 Å². The van der Waals surface area contributed by atoms with Gasteiger partial charge in [0.05, 0.1) is 28.0 Å². The van der Waals surface area contributed by atoms with E-state index in [-0.39, 0.29) is 21.8 Å². The molecule has 1 saturated heterocycles. The molecule has 0 aromatic heterocycles. The van der Waals surface area contributed by atoms with Crippen LogP contribution >= 0.6 is 23.2 Å². The van der Waals surface area contributed by atoms with Crippen LogP contribution in [-0.4, -0.2) is 40.2 Å². The Morgan fingerprint density at radius 1 is 1.10 bits per heavy atom. The molecule has 1 heterocycles. The number of halogens is 2. The number of nitrogens with zero attached hydrogens (tertiary/aromatic N) is 2. The molecule has 1 amide bonds. The van der Waals surface area contributed by atoms with Crippen molar-refractivity contribution in [2.75, 3.05) is 35.1 Å². The highest BCUT2D eigenvalue weighted by Gasteiger charge is 2.24. The molecule has 1 unspecified atom stereocenters.